The predicted octanol–water partition coefficient (Wildman–Crippen LogP) is 2.37. The van der Waals surface area contributed by atoms with Gasteiger partial charge in [0.25, 0.3) is 0 Å². The molecule has 0 heterocycles. The molecular weight excluding hydrogens is 266 g/mol. The summed E-state index contributed by atoms with van der Waals surface area (Å²) in [6.45, 7) is 3.00. The van der Waals surface area contributed by atoms with Crippen molar-refractivity contribution in [2.75, 3.05) is 27.4 Å². The number of methoxy groups -OCH3 is 2. The van der Waals surface area contributed by atoms with Crippen LogP contribution in [0.15, 0.2) is 0 Å². The van der Waals surface area contributed by atoms with E-state index in [2.05, 4.69) is 5.32 Å². The summed E-state index contributed by atoms with van der Waals surface area (Å²) in [6, 6.07) is 0. The van der Waals surface area contributed by atoms with Crippen LogP contribution < -0.4 is 5.32 Å². The van der Waals surface area contributed by atoms with Crippen LogP contribution in [-0.2, 0) is 14.3 Å². The number of hydrogen-bond acceptors (Lipinski definition) is 3. The molecular formula is C17H29NO3. The van der Waals surface area contributed by atoms with Gasteiger partial charge in [-0.25, -0.2) is 0 Å². The summed E-state index contributed by atoms with van der Waals surface area (Å²) in [5, 5.41) is 3.17. The van der Waals surface area contributed by atoms with Gasteiger partial charge in [-0.1, -0.05) is 0 Å². The highest BCUT2D eigenvalue weighted by Crippen LogP contribution is 2.60. The normalized spacial score (nSPS) is 40.0. The van der Waals surface area contributed by atoms with Crippen LogP contribution >= 0.6 is 0 Å². The first kappa shape index (κ1) is 15.3. The van der Waals surface area contributed by atoms with E-state index in [9.17, 15) is 4.79 Å². The zero-order valence-electron chi connectivity index (χ0n) is 13.6. The van der Waals surface area contributed by atoms with Crippen molar-refractivity contribution in [1.29, 1.82) is 0 Å². The number of rotatable bonds is 6. The zero-order chi connectivity index (χ0) is 15.1. The van der Waals surface area contributed by atoms with E-state index >= 15 is 0 Å². The van der Waals surface area contributed by atoms with Gasteiger partial charge in [-0.2, -0.15) is 0 Å². The Kier molecular flexibility index (Phi) is 4.04. The van der Waals surface area contributed by atoms with E-state index in [1.807, 2.05) is 6.92 Å². The maximum absolute atomic E-state index is 12.9. The fourth-order valence-electron chi connectivity index (χ4n) is 5.33. The smallest absolute Gasteiger partial charge is 0.226 e. The molecule has 0 aliphatic heterocycles. The molecule has 0 saturated heterocycles. The quantitative estimate of drug-likeness (QED) is 0.818. The Morgan fingerprint density at radius 1 is 1.14 bits per heavy atom. The van der Waals surface area contributed by atoms with Gasteiger partial charge in [0.1, 0.15) is 5.60 Å². The van der Waals surface area contributed by atoms with Gasteiger partial charge in [-0.3, -0.25) is 4.79 Å². The summed E-state index contributed by atoms with van der Waals surface area (Å²) in [6.07, 6.45) is 7.43. The third kappa shape index (κ3) is 2.85. The van der Waals surface area contributed by atoms with Crippen molar-refractivity contribution in [2.45, 2.75) is 51.0 Å². The van der Waals surface area contributed by atoms with Crippen LogP contribution in [0.4, 0.5) is 0 Å². The predicted molar refractivity (Wildman–Crippen MR) is 80.9 cm³/mol. The molecule has 4 bridgehead atoms. The second-order valence-corrected chi connectivity index (χ2v) is 7.97. The summed E-state index contributed by atoms with van der Waals surface area (Å²) in [4.78, 5) is 12.9. The summed E-state index contributed by atoms with van der Waals surface area (Å²) in [7, 11) is 3.34. The molecule has 4 nitrogen and oxygen atoms in total. The number of hydrogen-bond donors (Lipinski definition) is 1. The van der Waals surface area contributed by atoms with Gasteiger partial charge in [-0.15, -0.1) is 0 Å². The second kappa shape index (κ2) is 5.54. The number of ether oxygens (including phenoxy) is 2. The molecule has 1 N–H and O–H groups in total. The lowest BCUT2D eigenvalue weighted by Crippen LogP contribution is -2.56. The van der Waals surface area contributed by atoms with Crippen molar-refractivity contribution in [3.63, 3.8) is 0 Å². The molecule has 0 radical (unpaired) electrons. The van der Waals surface area contributed by atoms with E-state index < -0.39 is 5.60 Å². The number of carbonyl (C=O) groups excluding carboxylic acids is 1. The lowest BCUT2D eigenvalue weighted by molar-refractivity contribution is -0.148. The van der Waals surface area contributed by atoms with Crippen LogP contribution in [0, 0.1) is 23.2 Å². The molecule has 0 aromatic heterocycles. The first-order valence-corrected chi connectivity index (χ1v) is 8.31. The van der Waals surface area contributed by atoms with Gasteiger partial charge in [-0.05, 0) is 63.2 Å². The standard InChI is InChI=1S/C17H29NO3/c1-16(21-3,11-20-2)10-18-15(19)17-7-12-4-13(8-17)6-14(5-12)9-17/h12-14H,4-11H2,1-3H3,(H,18,19). The fraction of sp³-hybridized carbons (Fsp3) is 0.941. The first-order valence-electron chi connectivity index (χ1n) is 8.31. The van der Waals surface area contributed by atoms with Gasteiger partial charge in [0.2, 0.25) is 5.91 Å². The van der Waals surface area contributed by atoms with Crippen LogP contribution in [0.3, 0.4) is 0 Å². The highest BCUT2D eigenvalue weighted by atomic mass is 16.5. The van der Waals surface area contributed by atoms with E-state index in [-0.39, 0.29) is 11.3 Å². The number of amides is 1. The lowest BCUT2D eigenvalue weighted by atomic mass is 9.49. The molecule has 1 amide bonds. The molecule has 0 aromatic rings. The van der Waals surface area contributed by atoms with Crippen molar-refractivity contribution >= 4 is 5.91 Å². The topological polar surface area (TPSA) is 47.6 Å². The minimum absolute atomic E-state index is 0.0729. The lowest BCUT2D eigenvalue weighted by Gasteiger charge is -2.55. The van der Waals surface area contributed by atoms with Gasteiger partial charge in [0.05, 0.1) is 6.61 Å². The van der Waals surface area contributed by atoms with E-state index in [4.69, 9.17) is 9.47 Å². The Morgan fingerprint density at radius 2 is 1.67 bits per heavy atom. The van der Waals surface area contributed by atoms with Crippen molar-refractivity contribution in [3.05, 3.63) is 0 Å². The Hall–Kier alpha value is -0.610. The molecule has 4 rings (SSSR count). The minimum atomic E-state index is -0.438. The summed E-state index contributed by atoms with van der Waals surface area (Å²) in [5.74, 6) is 2.67. The summed E-state index contributed by atoms with van der Waals surface area (Å²) >= 11 is 0. The summed E-state index contributed by atoms with van der Waals surface area (Å²) < 4.78 is 10.7. The molecule has 4 heteroatoms. The minimum Gasteiger partial charge on any atom is -0.382 e. The molecule has 1 atom stereocenters. The van der Waals surface area contributed by atoms with Crippen LogP contribution in [0.1, 0.15) is 45.4 Å². The van der Waals surface area contributed by atoms with Crippen LogP contribution in [0.25, 0.3) is 0 Å². The van der Waals surface area contributed by atoms with E-state index in [0.29, 0.717) is 13.2 Å². The van der Waals surface area contributed by atoms with Crippen LogP contribution in [-0.4, -0.2) is 38.9 Å². The third-order valence-electron chi connectivity index (χ3n) is 6.09. The molecule has 4 saturated carbocycles. The zero-order valence-corrected chi connectivity index (χ0v) is 13.6. The molecule has 4 aliphatic rings. The third-order valence-corrected chi connectivity index (χ3v) is 6.09. The Bertz CT molecular complexity index is 374. The average molecular weight is 295 g/mol. The van der Waals surface area contributed by atoms with Crippen LogP contribution in [0.5, 0.6) is 0 Å². The van der Waals surface area contributed by atoms with Gasteiger partial charge in [0.15, 0.2) is 0 Å². The molecule has 21 heavy (non-hydrogen) atoms. The maximum atomic E-state index is 12.9. The van der Waals surface area contributed by atoms with Crippen molar-refractivity contribution < 1.29 is 14.3 Å². The Morgan fingerprint density at radius 3 is 2.10 bits per heavy atom. The number of carbonyl (C=O) groups is 1. The molecule has 1 unspecified atom stereocenters. The molecule has 0 spiro atoms. The monoisotopic (exact) mass is 295 g/mol. The van der Waals surface area contributed by atoms with Crippen molar-refractivity contribution in [2.24, 2.45) is 23.2 Å². The van der Waals surface area contributed by atoms with Gasteiger partial charge < -0.3 is 14.8 Å². The van der Waals surface area contributed by atoms with E-state index in [1.54, 1.807) is 14.2 Å². The SMILES string of the molecule is COCC(C)(CNC(=O)C12CC3CC(CC(C3)C1)C2)OC. The first-order chi connectivity index (χ1) is 9.98. The molecule has 0 aromatic carbocycles. The second-order valence-electron chi connectivity index (χ2n) is 7.97. The average Bonchev–Trinajstić information content (AvgIpc) is 2.43. The van der Waals surface area contributed by atoms with Gasteiger partial charge >= 0.3 is 0 Å². The highest BCUT2D eigenvalue weighted by Gasteiger charge is 2.54. The Balaban J connectivity index is 1.63. The van der Waals surface area contributed by atoms with Crippen LogP contribution in [0.2, 0.25) is 0 Å². The van der Waals surface area contributed by atoms with Crippen molar-refractivity contribution in [1.82, 2.24) is 5.32 Å². The molecule has 4 aliphatic carbocycles. The molecule has 4 fully saturated rings. The van der Waals surface area contributed by atoms with E-state index in [0.717, 1.165) is 37.0 Å². The maximum Gasteiger partial charge on any atom is 0.226 e. The van der Waals surface area contributed by atoms with Crippen molar-refractivity contribution in [3.8, 4) is 0 Å². The fourth-order valence-corrected chi connectivity index (χ4v) is 5.33. The Labute approximate surface area is 127 Å². The van der Waals surface area contributed by atoms with Gasteiger partial charge in [0, 0.05) is 26.2 Å². The molecule has 120 valence electrons. The highest BCUT2D eigenvalue weighted by molar-refractivity contribution is 5.83. The summed E-state index contributed by atoms with van der Waals surface area (Å²) in [5.41, 5.74) is -0.511. The largest absolute Gasteiger partial charge is 0.382 e. The number of nitrogens with one attached hydrogen (secondary N) is 1. The van der Waals surface area contributed by atoms with E-state index in [1.165, 1.54) is 19.3 Å².